The lowest BCUT2D eigenvalue weighted by Crippen LogP contribution is -2.54. The van der Waals surface area contributed by atoms with Gasteiger partial charge in [-0.05, 0) is 29.1 Å². The summed E-state index contributed by atoms with van der Waals surface area (Å²) in [6.45, 7) is 0.518. The van der Waals surface area contributed by atoms with Crippen molar-refractivity contribution in [2.75, 3.05) is 5.32 Å². The summed E-state index contributed by atoms with van der Waals surface area (Å²) in [6.07, 6.45) is 2.81. The number of carbonyl (C=O) groups excluding carboxylic acids is 3. The number of likely N-dealkylation sites (tertiary alicyclic amines) is 1. The molecule has 7 nitrogen and oxygen atoms in total. The number of para-hydroxylation sites is 1. The molecule has 2 fully saturated rings. The van der Waals surface area contributed by atoms with E-state index in [1.54, 1.807) is 18.2 Å². The predicted molar refractivity (Wildman–Crippen MR) is 136 cm³/mol. The third-order valence-corrected chi connectivity index (χ3v) is 8.13. The van der Waals surface area contributed by atoms with E-state index in [9.17, 15) is 18.8 Å². The van der Waals surface area contributed by atoms with Crippen LogP contribution in [0.1, 0.15) is 10.4 Å². The van der Waals surface area contributed by atoms with E-state index in [1.807, 2.05) is 47.8 Å². The number of halogens is 1. The van der Waals surface area contributed by atoms with Gasteiger partial charge in [0.1, 0.15) is 17.5 Å². The van der Waals surface area contributed by atoms with Gasteiger partial charge in [-0.2, -0.15) is 0 Å². The fourth-order valence-electron chi connectivity index (χ4n) is 5.67. The summed E-state index contributed by atoms with van der Waals surface area (Å²) in [7, 11) is 0. The predicted octanol–water partition coefficient (Wildman–Crippen LogP) is 3.49. The molecule has 9 heteroatoms. The number of ether oxygens (including phenoxy) is 1. The van der Waals surface area contributed by atoms with E-state index in [-0.39, 0.29) is 24.0 Å². The summed E-state index contributed by atoms with van der Waals surface area (Å²) in [6, 6.07) is 18.2. The quantitative estimate of drug-likeness (QED) is 0.470. The average Bonchev–Trinajstić information content (AvgIpc) is 3.68. The lowest BCUT2D eigenvalue weighted by molar-refractivity contribution is -0.141. The molecule has 3 aliphatic rings. The summed E-state index contributed by atoms with van der Waals surface area (Å²) >= 11 is 1.49. The van der Waals surface area contributed by atoms with Crippen molar-refractivity contribution >= 4 is 34.7 Å². The van der Waals surface area contributed by atoms with Gasteiger partial charge in [0, 0.05) is 11.4 Å². The van der Waals surface area contributed by atoms with Crippen LogP contribution in [0.3, 0.4) is 0 Å². The fraction of sp³-hybridized carbons (Fsp3) is 0.250. The first-order valence-corrected chi connectivity index (χ1v) is 12.9. The van der Waals surface area contributed by atoms with Gasteiger partial charge in [-0.1, -0.05) is 60.7 Å². The molecule has 3 aliphatic heterocycles. The molecule has 0 aliphatic carbocycles. The summed E-state index contributed by atoms with van der Waals surface area (Å²) < 4.78 is 20.6. The van der Waals surface area contributed by atoms with E-state index in [0.29, 0.717) is 6.54 Å². The maximum Gasteiger partial charge on any atom is 0.246 e. The lowest BCUT2D eigenvalue weighted by atomic mass is 9.74. The largest absolute Gasteiger partial charge is 0.359 e. The van der Waals surface area contributed by atoms with Crippen molar-refractivity contribution in [2.24, 2.45) is 11.8 Å². The molecular weight excluding hydrogens is 493 g/mol. The highest BCUT2D eigenvalue weighted by Crippen LogP contribution is 2.55. The van der Waals surface area contributed by atoms with Gasteiger partial charge in [0.05, 0.1) is 30.2 Å². The maximum absolute atomic E-state index is 14.2. The van der Waals surface area contributed by atoms with Gasteiger partial charge in [0.2, 0.25) is 17.7 Å². The third kappa shape index (κ3) is 3.95. The van der Waals surface area contributed by atoms with E-state index in [4.69, 9.17) is 4.74 Å². The van der Waals surface area contributed by atoms with E-state index < -0.39 is 41.3 Å². The first-order valence-electron chi connectivity index (χ1n) is 12.0. The molecule has 2 bridgehead atoms. The molecule has 0 radical (unpaired) electrons. The van der Waals surface area contributed by atoms with Crippen LogP contribution >= 0.6 is 11.3 Å². The average molecular weight is 518 g/mol. The van der Waals surface area contributed by atoms with Crippen molar-refractivity contribution in [3.8, 4) is 0 Å². The first kappa shape index (κ1) is 23.6. The standard InChI is InChI=1S/C28H24FN3O4S/c29-19-10-4-5-11-20(19)31-25(33)22-21-12-13-28(36-21)23(22)27(35)32(16-18-9-6-14-37-18)24(28)26(34)30-15-17-7-2-1-3-8-17/h1-14,21-24H,15-16H2,(H,30,34)(H,31,33)/t21-,22-,23+,24-,28-/m1/s1. The monoisotopic (exact) mass is 517 g/mol. The van der Waals surface area contributed by atoms with Gasteiger partial charge in [0.25, 0.3) is 0 Å². The normalized spacial score (nSPS) is 27.4. The molecule has 2 aromatic carbocycles. The number of carbonyl (C=O) groups is 3. The van der Waals surface area contributed by atoms with Crippen LogP contribution in [0.2, 0.25) is 0 Å². The summed E-state index contributed by atoms with van der Waals surface area (Å²) in [4.78, 5) is 43.4. The topological polar surface area (TPSA) is 87.7 Å². The van der Waals surface area contributed by atoms with E-state index >= 15 is 0 Å². The molecule has 188 valence electrons. The minimum Gasteiger partial charge on any atom is -0.359 e. The molecule has 1 spiro atoms. The van der Waals surface area contributed by atoms with Crippen molar-refractivity contribution in [2.45, 2.75) is 30.8 Å². The maximum atomic E-state index is 14.2. The van der Waals surface area contributed by atoms with Crippen LogP contribution < -0.4 is 10.6 Å². The summed E-state index contributed by atoms with van der Waals surface area (Å²) in [5, 5.41) is 7.49. The second-order valence-corrected chi connectivity index (χ2v) is 10.5. The molecule has 1 aromatic heterocycles. The van der Waals surface area contributed by atoms with Crippen LogP contribution in [-0.2, 0) is 32.2 Å². The van der Waals surface area contributed by atoms with Crippen molar-refractivity contribution in [1.82, 2.24) is 10.2 Å². The Bertz CT molecular complexity index is 1380. The Kier molecular flexibility index (Phi) is 5.89. The van der Waals surface area contributed by atoms with Crippen LogP contribution in [0.15, 0.2) is 84.3 Å². The van der Waals surface area contributed by atoms with Gasteiger partial charge >= 0.3 is 0 Å². The second kappa shape index (κ2) is 9.24. The zero-order chi connectivity index (χ0) is 25.6. The SMILES string of the molecule is O=C(Nc1ccccc1F)[C@H]1[C@H]2C(=O)N(Cc3cccs3)[C@H](C(=O)NCc3ccccc3)[C@@]23C=C[C@H]1O3. The summed E-state index contributed by atoms with van der Waals surface area (Å²) in [5.41, 5.74) is -0.323. The fourth-order valence-corrected chi connectivity index (χ4v) is 6.37. The number of nitrogens with zero attached hydrogens (tertiary/aromatic N) is 1. The van der Waals surface area contributed by atoms with Crippen LogP contribution in [0, 0.1) is 17.7 Å². The van der Waals surface area contributed by atoms with E-state index in [0.717, 1.165) is 10.4 Å². The van der Waals surface area contributed by atoms with Gasteiger partial charge < -0.3 is 20.3 Å². The molecular formula is C28H24FN3O4S. The Morgan fingerprint density at radius 3 is 2.57 bits per heavy atom. The summed E-state index contributed by atoms with van der Waals surface area (Å²) in [5.74, 6) is -3.55. The van der Waals surface area contributed by atoms with Crippen molar-refractivity contribution < 1.29 is 23.5 Å². The lowest BCUT2D eigenvalue weighted by Gasteiger charge is -2.32. The second-order valence-electron chi connectivity index (χ2n) is 9.42. The van der Waals surface area contributed by atoms with Crippen molar-refractivity contribution in [3.63, 3.8) is 0 Å². The molecule has 3 aromatic rings. The smallest absolute Gasteiger partial charge is 0.246 e. The van der Waals surface area contributed by atoms with Gasteiger partial charge in [-0.15, -0.1) is 11.3 Å². The molecule has 2 N–H and O–H groups in total. The highest BCUT2D eigenvalue weighted by atomic mass is 32.1. The molecule has 2 saturated heterocycles. The van der Waals surface area contributed by atoms with Crippen LogP contribution in [-0.4, -0.2) is 40.4 Å². The van der Waals surface area contributed by atoms with Crippen LogP contribution in [0.5, 0.6) is 0 Å². The van der Waals surface area contributed by atoms with Crippen molar-refractivity contribution in [1.29, 1.82) is 0 Å². The molecule has 0 unspecified atom stereocenters. The molecule has 0 saturated carbocycles. The molecule has 5 atom stereocenters. The molecule has 6 rings (SSSR count). The Balaban J connectivity index is 1.32. The van der Waals surface area contributed by atoms with Gasteiger partial charge in [0.15, 0.2) is 0 Å². The van der Waals surface area contributed by atoms with E-state index in [2.05, 4.69) is 10.6 Å². The zero-order valence-corrected chi connectivity index (χ0v) is 20.5. The number of anilines is 1. The Morgan fingerprint density at radius 1 is 1.03 bits per heavy atom. The highest BCUT2D eigenvalue weighted by Gasteiger charge is 2.72. The van der Waals surface area contributed by atoms with Gasteiger partial charge in [-0.25, -0.2) is 4.39 Å². The van der Waals surface area contributed by atoms with Crippen LogP contribution in [0.25, 0.3) is 0 Å². The Hall–Kier alpha value is -3.82. The third-order valence-electron chi connectivity index (χ3n) is 7.27. The van der Waals surface area contributed by atoms with E-state index in [1.165, 1.54) is 34.4 Å². The number of benzene rings is 2. The number of fused-ring (bicyclic) bond motifs is 1. The number of amides is 3. The zero-order valence-electron chi connectivity index (χ0n) is 19.7. The Labute approximate surface area is 216 Å². The molecule has 4 heterocycles. The minimum atomic E-state index is -1.28. The Morgan fingerprint density at radius 2 is 1.81 bits per heavy atom. The van der Waals surface area contributed by atoms with Crippen LogP contribution in [0.4, 0.5) is 10.1 Å². The molecule has 37 heavy (non-hydrogen) atoms. The molecule has 3 amide bonds. The number of hydrogen-bond donors (Lipinski definition) is 2. The number of thiophene rings is 1. The van der Waals surface area contributed by atoms with Gasteiger partial charge in [-0.3, -0.25) is 14.4 Å². The minimum absolute atomic E-state index is 0.0337. The van der Waals surface area contributed by atoms with Crippen molar-refractivity contribution in [3.05, 3.63) is 101 Å². The number of hydrogen-bond acceptors (Lipinski definition) is 5. The highest BCUT2D eigenvalue weighted by molar-refractivity contribution is 7.09. The first-order chi connectivity index (χ1) is 18.0. The number of rotatable bonds is 7. The number of nitrogens with one attached hydrogen (secondary N) is 2.